The molecule has 7 nitrogen and oxygen atoms in total. The van der Waals surface area contributed by atoms with Gasteiger partial charge in [0.25, 0.3) is 5.91 Å². The average molecular weight is 443 g/mol. The highest BCUT2D eigenvalue weighted by atomic mass is 16.2. The molecule has 7 heteroatoms. The summed E-state index contributed by atoms with van der Waals surface area (Å²) in [4.78, 5) is 37.4. The van der Waals surface area contributed by atoms with Crippen molar-refractivity contribution < 1.29 is 14.4 Å². The number of hydrazone groups is 1. The van der Waals surface area contributed by atoms with Crippen LogP contribution in [0.5, 0.6) is 0 Å². The molecule has 0 radical (unpaired) electrons. The average Bonchev–Trinajstić information content (AvgIpc) is 2.85. The Morgan fingerprint density at radius 1 is 0.818 bits per heavy atom. The van der Waals surface area contributed by atoms with Crippen LogP contribution < -0.4 is 16.1 Å². The molecule has 1 aliphatic carbocycles. The zero-order chi connectivity index (χ0) is 23.0. The van der Waals surface area contributed by atoms with Gasteiger partial charge in [-0.3, -0.25) is 14.4 Å². The molecule has 0 atom stereocenters. The Balaban J connectivity index is 1.38. The van der Waals surface area contributed by atoms with Crippen molar-refractivity contribution in [2.24, 2.45) is 5.10 Å². The van der Waals surface area contributed by atoms with E-state index in [1.54, 1.807) is 24.3 Å². The van der Waals surface area contributed by atoms with Crippen LogP contribution in [0.15, 0.2) is 71.8 Å². The summed E-state index contributed by atoms with van der Waals surface area (Å²) in [6.45, 7) is 0. The first-order valence-electron chi connectivity index (χ1n) is 11.1. The number of rotatable bonds is 5. The highest BCUT2D eigenvalue weighted by Gasteiger charge is 2.20. The molecule has 3 N–H and O–H groups in total. The van der Waals surface area contributed by atoms with Crippen LogP contribution in [-0.2, 0) is 9.59 Å². The lowest BCUT2D eigenvalue weighted by Gasteiger charge is -2.23. The largest absolute Gasteiger partial charge is 0.349 e. The van der Waals surface area contributed by atoms with E-state index in [4.69, 9.17) is 0 Å². The molecular formula is C26H26N4O3. The smallest absolute Gasteiger partial charge is 0.329 e. The molecule has 1 saturated carbocycles. The molecule has 0 heterocycles. The third kappa shape index (κ3) is 5.63. The van der Waals surface area contributed by atoms with E-state index in [1.165, 1.54) is 12.6 Å². The normalized spacial score (nSPS) is 14.2. The van der Waals surface area contributed by atoms with Crippen molar-refractivity contribution in [3.63, 3.8) is 0 Å². The first-order chi connectivity index (χ1) is 16.1. The van der Waals surface area contributed by atoms with Crippen LogP contribution >= 0.6 is 0 Å². The molecule has 4 rings (SSSR count). The summed E-state index contributed by atoms with van der Waals surface area (Å²) < 4.78 is 0. The van der Waals surface area contributed by atoms with Crippen molar-refractivity contribution in [1.82, 2.24) is 10.7 Å². The number of nitrogens with one attached hydrogen (secondary N) is 3. The molecule has 3 aromatic rings. The van der Waals surface area contributed by atoms with Crippen molar-refractivity contribution in [3.05, 3.63) is 77.9 Å². The molecule has 0 saturated heterocycles. The van der Waals surface area contributed by atoms with Crippen LogP contribution in [0.4, 0.5) is 5.69 Å². The predicted octanol–water partition coefficient (Wildman–Crippen LogP) is 3.99. The summed E-state index contributed by atoms with van der Waals surface area (Å²) in [5, 5.41) is 11.5. The second-order valence-electron chi connectivity index (χ2n) is 8.08. The first-order valence-corrected chi connectivity index (χ1v) is 11.1. The molecule has 1 aliphatic rings. The van der Waals surface area contributed by atoms with Gasteiger partial charge in [-0.05, 0) is 35.7 Å². The van der Waals surface area contributed by atoms with Crippen molar-refractivity contribution >= 4 is 40.4 Å². The lowest BCUT2D eigenvalue weighted by molar-refractivity contribution is -0.136. The minimum Gasteiger partial charge on any atom is -0.349 e. The standard InChI is InChI=1S/C26H26N4O3/c31-24(28-20-12-2-1-3-13-20)22-15-6-7-16-23(22)29-25(32)26(33)30-27-17-19-11-8-10-18-9-4-5-14-21(18)19/h4-11,14-17,20H,1-3,12-13H2,(H,28,31)(H,29,32)(H,30,33). The van der Waals surface area contributed by atoms with Gasteiger partial charge in [-0.15, -0.1) is 0 Å². The molecule has 0 bridgehead atoms. The predicted molar refractivity (Wildman–Crippen MR) is 129 cm³/mol. The van der Waals surface area contributed by atoms with Gasteiger partial charge in [-0.1, -0.05) is 73.9 Å². The van der Waals surface area contributed by atoms with E-state index in [2.05, 4.69) is 21.2 Å². The van der Waals surface area contributed by atoms with Crippen LogP contribution in [-0.4, -0.2) is 30.0 Å². The monoisotopic (exact) mass is 442 g/mol. The van der Waals surface area contributed by atoms with E-state index in [0.717, 1.165) is 42.0 Å². The molecule has 33 heavy (non-hydrogen) atoms. The Hall–Kier alpha value is -4.00. The van der Waals surface area contributed by atoms with E-state index in [0.29, 0.717) is 5.56 Å². The lowest BCUT2D eigenvalue weighted by atomic mass is 9.95. The van der Waals surface area contributed by atoms with Gasteiger partial charge in [0.1, 0.15) is 0 Å². The number of hydrogen-bond acceptors (Lipinski definition) is 4. The van der Waals surface area contributed by atoms with Crippen LogP contribution in [0.2, 0.25) is 0 Å². The van der Waals surface area contributed by atoms with Crippen LogP contribution in [0.1, 0.15) is 48.0 Å². The number of para-hydroxylation sites is 1. The maximum atomic E-state index is 12.7. The van der Waals surface area contributed by atoms with Gasteiger partial charge in [0.2, 0.25) is 0 Å². The van der Waals surface area contributed by atoms with Gasteiger partial charge >= 0.3 is 11.8 Å². The summed E-state index contributed by atoms with van der Waals surface area (Å²) in [6.07, 6.45) is 6.80. The summed E-state index contributed by atoms with van der Waals surface area (Å²) in [5.74, 6) is -2.08. The molecular weight excluding hydrogens is 416 g/mol. The zero-order valence-electron chi connectivity index (χ0n) is 18.2. The highest BCUT2D eigenvalue weighted by Crippen LogP contribution is 2.20. The highest BCUT2D eigenvalue weighted by molar-refractivity contribution is 6.40. The molecule has 1 fully saturated rings. The summed E-state index contributed by atoms with van der Waals surface area (Å²) in [5.41, 5.74) is 3.67. The lowest BCUT2D eigenvalue weighted by Crippen LogP contribution is -2.37. The first kappa shape index (κ1) is 22.2. The third-order valence-electron chi connectivity index (χ3n) is 5.76. The molecule has 0 aromatic heterocycles. The van der Waals surface area contributed by atoms with E-state index in [1.807, 2.05) is 42.5 Å². The molecule has 3 aromatic carbocycles. The molecule has 3 amide bonds. The fourth-order valence-electron chi connectivity index (χ4n) is 4.05. The van der Waals surface area contributed by atoms with E-state index in [9.17, 15) is 14.4 Å². The Morgan fingerprint density at radius 2 is 1.55 bits per heavy atom. The zero-order valence-corrected chi connectivity index (χ0v) is 18.2. The van der Waals surface area contributed by atoms with E-state index < -0.39 is 11.8 Å². The number of nitrogens with zero attached hydrogens (tertiary/aromatic N) is 1. The Labute approximate surface area is 192 Å². The van der Waals surface area contributed by atoms with E-state index in [-0.39, 0.29) is 17.6 Å². The topological polar surface area (TPSA) is 99.7 Å². The number of carbonyl (C=O) groups excluding carboxylic acids is 3. The summed E-state index contributed by atoms with van der Waals surface area (Å²) >= 11 is 0. The second-order valence-corrected chi connectivity index (χ2v) is 8.08. The van der Waals surface area contributed by atoms with Crippen molar-refractivity contribution in [2.45, 2.75) is 38.1 Å². The van der Waals surface area contributed by atoms with Crippen molar-refractivity contribution in [3.8, 4) is 0 Å². The Kier molecular flexibility index (Phi) is 7.09. The molecule has 0 spiro atoms. The van der Waals surface area contributed by atoms with Crippen LogP contribution in [0, 0.1) is 0 Å². The minimum absolute atomic E-state index is 0.140. The van der Waals surface area contributed by atoms with E-state index >= 15 is 0 Å². The number of benzene rings is 3. The van der Waals surface area contributed by atoms with Gasteiger partial charge in [0, 0.05) is 11.6 Å². The fourth-order valence-corrected chi connectivity index (χ4v) is 4.05. The van der Waals surface area contributed by atoms with Gasteiger partial charge < -0.3 is 10.6 Å². The van der Waals surface area contributed by atoms with Gasteiger partial charge in [-0.2, -0.15) is 5.10 Å². The SMILES string of the molecule is O=C(NN=Cc1cccc2ccccc12)C(=O)Nc1ccccc1C(=O)NC1CCCCC1. The molecule has 0 aliphatic heterocycles. The number of carbonyl (C=O) groups is 3. The van der Waals surface area contributed by atoms with Crippen LogP contribution in [0.25, 0.3) is 10.8 Å². The minimum atomic E-state index is -0.922. The Morgan fingerprint density at radius 3 is 2.39 bits per heavy atom. The number of anilines is 1. The second kappa shape index (κ2) is 10.5. The maximum Gasteiger partial charge on any atom is 0.329 e. The van der Waals surface area contributed by atoms with Gasteiger partial charge in [-0.25, -0.2) is 5.43 Å². The van der Waals surface area contributed by atoms with Crippen molar-refractivity contribution in [1.29, 1.82) is 0 Å². The summed E-state index contributed by atoms with van der Waals surface area (Å²) in [6, 6.07) is 20.4. The number of fused-ring (bicyclic) bond motifs is 1. The maximum absolute atomic E-state index is 12.7. The number of amides is 3. The molecule has 168 valence electrons. The summed E-state index contributed by atoms with van der Waals surface area (Å²) in [7, 11) is 0. The molecule has 0 unspecified atom stereocenters. The third-order valence-corrected chi connectivity index (χ3v) is 5.76. The van der Waals surface area contributed by atoms with Gasteiger partial charge in [0.15, 0.2) is 0 Å². The van der Waals surface area contributed by atoms with Crippen LogP contribution in [0.3, 0.4) is 0 Å². The number of hydrogen-bond donors (Lipinski definition) is 3. The fraction of sp³-hybridized carbons (Fsp3) is 0.231. The quantitative estimate of drug-likeness (QED) is 0.316. The van der Waals surface area contributed by atoms with Crippen molar-refractivity contribution in [2.75, 3.05) is 5.32 Å². The Bertz CT molecular complexity index is 1190. The van der Waals surface area contributed by atoms with Gasteiger partial charge in [0.05, 0.1) is 17.5 Å².